The van der Waals surface area contributed by atoms with Gasteiger partial charge in [0.1, 0.15) is 11.5 Å². The zero-order valence-corrected chi connectivity index (χ0v) is 14.1. The summed E-state index contributed by atoms with van der Waals surface area (Å²) in [5.41, 5.74) is -0.318. The smallest absolute Gasteiger partial charge is 0.336 e. The summed E-state index contributed by atoms with van der Waals surface area (Å²) in [7, 11) is 0. The Morgan fingerprint density at radius 3 is 2.56 bits per heavy atom. The van der Waals surface area contributed by atoms with Gasteiger partial charge in [-0.25, -0.2) is 9.78 Å². The Morgan fingerprint density at radius 1 is 1.20 bits per heavy atom. The number of benzene rings is 1. The third-order valence-electron chi connectivity index (χ3n) is 3.95. The normalized spacial score (nSPS) is 19.5. The van der Waals surface area contributed by atoms with Crippen LogP contribution in [0.5, 0.6) is 0 Å². The van der Waals surface area contributed by atoms with Crippen LogP contribution in [0.2, 0.25) is 0 Å². The van der Waals surface area contributed by atoms with Gasteiger partial charge in [-0.15, -0.1) is 0 Å². The van der Waals surface area contributed by atoms with Crippen LogP contribution in [0, 0.1) is 0 Å². The third kappa shape index (κ3) is 3.10. The number of hydrogen-bond acceptors (Lipinski definition) is 5. The van der Waals surface area contributed by atoms with Crippen molar-refractivity contribution in [3.8, 4) is 0 Å². The Hall–Kier alpha value is -3.15. The first-order valence-electron chi connectivity index (χ1n) is 8.04. The number of aromatic nitrogens is 1. The van der Waals surface area contributed by atoms with Crippen LogP contribution >= 0.6 is 0 Å². The molecule has 1 atom stereocenters. The van der Waals surface area contributed by atoms with E-state index in [0.29, 0.717) is 11.5 Å². The number of hydrogen-bond donors (Lipinski definition) is 1. The van der Waals surface area contributed by atoms with Crippen LogP contribution in [0.25, 0.3) is 0 Å². The Labute approximate surface area is 146 Å². The minimum Gasteiger partial charge on any atom is -0.464 e. The molecule has 0 aliphatic carbocycles. The summed E-state index contributed by atoms with van der Waals surface area (Å²) in [6.07, 6.45) is 3.22. The molecule has 0 fully saturated rings. The zero-order valence-electron chi connectivity index (χ0n) is 14.1. The molecule has 0 unspecified atom stereocenters. The van der Waals surface area contributed by atoms with Crippen molar-refractivity contribution in [3.05, 3.63) is 66.5 Å². The Morgan fingerprint density at radius 2 is 1.92 bits per heavy atom. The highest BCUT2D eigenvalue weighted by atomic mass is 16.5. The molecular formula is C19H19N3O3. The molecule has 0 spiro atoms. The van der Waals surface area contributed by atoms with Gasteiger partial charge in [0.15, 0.2) is 5.54 Å². The van der Waals surface area contributed by atoms with E-state index in [4.69, 9.17) is 4.74 Å². The number of nitrogens with one attached hydrogen (secondary N) is 1. The summed E-state index contributed by atoms with van der Waals surface area (Å²) < 4.78 is 5.21. The molecule has 128 valence electrons. The minimum absolute atomic E-state index is 0.238. The maximum atomic E-state index is 13.0. The number of rotatable bonds is 5. The van der Waals surface area contributed by atoms with E-state index >= 15 is 0 Å². The lowest BCUT2D eigenvalue weighted by Crippen LogP contribution is -2.51. The summed E-state index contributed by atoms with van der Waals surface area (Å²) in [4.78, 5) is 31.2. The van der Waals surface area contributed by atoms with Crippen LogP contribution in [0.4, 0.5) is 11.5 Å². The number of amides is 1. The second kappa shape index (κ2) is 6.76. The molecule has 6 heteroatoms. The van der Waals surface area contributed by atoms with Crippen molar-refractivity contribution in [3.63, 3.8) is 0 Å². The van der Waals surface area contributed by atoms with Crippen LogP contribution in [-0.2, 0) is 14.3 Å². The largest absolute Gasteiger partial charge is 0.464 e. The number of anilines is 2. The molecule has 1 aliphatic rings. The molecule has 1 N–H and O–H groups in total. The molecule has 3 rings (SSSR count). The molecule has 1 amide bonds. The number of nitrogens with zero attached hydrogens (tertiary/aromatic N) is 2. The lowest BCUT2D eigenvalue weighted by Gasteiger charge is -2.32. The van der Waals surface area contributed by atoms with E-state index < -0.39 is 11.5 Å². The van der Waals surface area contributed by atoms with Gasteiger partial charge in [-0.3, -0.25) is 9.69 Å². The quantitative estimate of drug-likeness (QED) is 0.850. The molecule has 0 saturated carbocycles. The van der Waals surface area contributed by atoms with Crippen molar-refractivity contribution in [2.24, 2.45) is 0 Å². The zero-order chi connectivity index (χ0) is 17.9. The van der Waals surface area contributed by atoms with Crippen LogP contribution in [0.1, 0.15) is 13.8 Å². The van der Waals surface area contributed by atoms with Gasteiger partial charge in [0.2, 0.25) is 0 Å². The number of carbonyl (C=O) groups is 2. The van der Waals surface area contributed by atoms with E-state index in [-0.39, 0.29) is 18.2 Å². The average molecular weight is 337 g/mol. The SMILES string of the molecule is CCOC(=O)[C@@]1(C)C=C(Nc2ccccn2)C(=O)N1c1ccccc1. The first-order chi connectivity index (χ1) is 12.1. The van der Waals surface area contributed by atoms with Gasteiger partial charge in [0, 0.05) is 11.9 Å². The standard InChI is InChI=1S/C19H19N3O3/c1-3-25-18(24)19(2)13-15(21-16-11-7-8-12-20-16)17(23)22(19)14-9-5-4-6-10-14/h4-13H,3H2,1-2H3,(H,20,21)/t19-/m1/s1. The average Bonchev–Trinajstić information content (AvgIpc) is 2.88. The molecule has 6 nitrogen and oxygen atoms in total. The predicted octanol–water partition coefficient (Wildman–Crippen LogP) is 2.75. The summed E-state index contributed by atoms with van der Waals surface area (Å²) in [6.45, 7) is 3.65. The maximum Gasteiger partial charge on any atom is 0.336 e. The van der Waals surface area contributed by atoms with Gasteiger partial charge < -0.3 is 10.1 Å². The number of para-hydroxylation sites is 1. The Bertz CT molecular complexity index is 805. The van der Waals surface area contributed by atoms with Crippen molar-refractivity contribution in [1.82, 2.24) is 4.98 Å². The first kappa shape index (κ1) is 16.7. The van der Waals surface area contributed by atoms with Gasteiger partial charge in [0.25, 0.3) is 5.91 Å². The molecule has 0 radical (unpaired) electrons. The fourth-order valence-electron chi connectivity index (χ4n) is 2.79. The van der Waals surface area contributed by atoms with Gasteiger partial charge in [-0.2, -0.15) is 0 Å². The third-order valence-corrected chi connectivity index (χ3v) is 3.95. The molecule has 1 aliphatic heterocycles. The minimum atomic E-state index is -1.23. The number of ether oxygens (including phenoxy) is 1. The van der Waals surface area contributed by atoms with Crippen molar-refractivity contribution in [2.45, 2.75) is 19.4 Å². The highest BCUT2D eigenvalue weighted by Crippen LogP contribution is 2.34. The summed E-state index contributed by atoms with van der Waals surface area (Å²) in [5.74, 6) is -0.263. The Balaban J connectivity index is 2.00. The van der Waals surface area contributed by atoms with Crippen molar-refractivity contribution in [1.29, 1.82) is 0 Å². The monoisotopic (exact) mass is 337 g/mol. The highest BCUT2D eigenvalue weighted by Gasteiger charge is 2.49. The number of esters is 1. The van der Waals surface area contributed by atoms with Gasteiger partial charge in [-0.1, -0.05) is 24.3 Å². The molecule has 2 aromatic rings. The topological polar surface area (TPSA) is 71.5 Å². The second-order valence-electron chi connectivity index (χ2n) is 5.74. The van der Waals surface area contributed by atoms with E-state index in [1.54, 1.807) is 50.4 Å². The molecule has 1 aromatic carbocycles. The highest BCUT2D eigenvalue weighted by molar-refractivity contribution is 6.16. The maximum absolute atomic E-state index is 13.0. The first-order valence-corrected chi connectivity index (χ1v) is 8.04. The van der Waals surface area contributed by atoms with Crippen LogP contribution in [0.3, 0.4) is 0 Å². The summed E-state index contributed by atoms with van der Waals surface area (Å²) >= 11 is 0. The van der Waals surface area contributed by atoms with Crippen molar-refractivity contribution in [2.75, 3.05) is 16.8 Å². The summed E-state index contributed by atoms with van der Waals surface area (Å²) in [5, 5.41) is 2.99. The molecule has 25 heavy (non-hydrogen) atoms. The van der Waals surface area contributed by atoms with Crippen LogP contribution in [0.15, 0.2) is 66.5 Å². The van der Waals surface area contributed by atoms with E-state index in [0.717, 1.165) is 0 Å². The van der Waals surface area contributed by atoms with Gasteiger partial charge in [-0.05, 0) is 44.2 Å². The number of pyridine rings is 1. The van der Waals surface area contributed by atoms with E-state index in [9.17, 15) is 9.59 Å². The van der Waals surface area contributed by atoms with Crippen molar-refractivity contribution >= 4 is 23.4 Å². The van der Waals surface area contributed by atoms with E-state index in [1.165, 1.54) is 4.90 Å². The van der Waals surface area contributed by atoms with E-state index in [2.05, 4.69) is 10.3 Å². The fourth-order valence-corrected chi connectivity index (χ4v) is 2.79. The van der Waals surface area contributed by atoms with Crippen molar-refractivity contribution < 1.29 is 14.3 Å². The summed E-state index contributed by atoms with van der Waals surface area (Å²) in [6, 6.07) is 14.4. The van der Waals surface area contributed by atoms with E-state index in [1.807, 2.05) is 24.3 Å². The molecule has 1 aromatic heterocycles. The van der Waals surface area contributed by atoms with Gasteiger partial charge >= 0.3 is 5.97 Å². The number of carbonyl (C=O) groups excluding carboxylic acids is 2. The van der Waals surface area contributed by atoms with Crippen LogP contribution in [-0.4, -0.2) is 29.0 Å². The lowest BCUT2D eigenvalue weighted by molar-refractivity contribution is -0.147. The molecule has 2 heterocycles. The van der Waals surface area contributed by atoms with Gasteiger partial charge in [0.05, 0.1) is 6.61 Å². The van der Waals surface area contributed by atoms with Crippen LogP contribution < -0.4 is 10.2 Å². The predicted molar refractivity (Wildman–Crippen MR) is 94.9 cm³/mol. The molecule has 0 bridgehead atoms. The molecular weight excluding hydrogens is 318 g/mol. The molecule has 0 saturated heterocycles. The second-order valence-corrected chi connectivity index (χ2v) is 5.74. The lowest BCUT2D eigenvalue weighted by atomic mass is 10.0. The Kier molecular flexibility index (Phi) is 4.52. The fraction of sp³-hybridized carbons (Fsp3) is 0.211.